The Balaban J connectivity index is 1.28. The fourth-order valence-corrected chi connectivity index (χ4v) is 4.16. The van der Waals surface area contributed by atoms with Crippen molar-refractivity contribution in [3.05, 3.63) is 79.1 Å². The molecule has 0 bridgehead atoms. The second-order valence-corrected chi connectivity index (χ2v) is 7.17. The molecule has 3 aromatic carbocycles. The van der Waals surface area contributed by atoms with E-state index >= 15 is 0 Å². The Labute approximate surface area is 158 Å². The second kappa shape index (κ2) is 6.92. The molecule has 5 aromatic rings. The SMILES string of the molecule is c1ccc2c(c1)ncn2CCCCCn1c2ccccc2c2ccccc21. The van der Waals surface area contributed by atoms with Gasteiger partial charge in [-0.15, -0.1) is 0 Å². The van der Waals surface area contributed by atoms with Crippen LogP contribution in [0.15, 0.2) is 79.1 Å². The van der Waals surface area contributed by atoms with Gasteiger partial charge in [-0.25, -0.2) is 4.98 Å². The highest BCUT2D eigenvalue weighted by Gasteiger charge is 2.09. The van der Waals surface area contributed by atoms with E-state index in [0.29, 0.717) is 0 Å². The summed E-state index contributed by atoms with van der Waals surface area (Å²) in [6, 6.07) is 25.9. The Morgan fingerprint density at radius 3 is 1.93 bits per heavy atom. The standard InChI is InChI=1S/C24H23N3/c1(8-16-26-18-25-21-12-4-7-15-24(21)26)9-17-27-22-13-5-2-10-19(22)20-11-3-6-14-23(20)27/h2-7,10-15,18H,1,8-9,16-17H2. The van der Waals surface area contributed by atoms with Crippen LogP contribution in [0.3, 0.4) is 0 Å². The molecule has 27 heavy (non-hydrogen) atoms. The number of nitrogens with zero attached hydrogens (tertiary/aromatic N) is 3. The van der Waals surface area contributed by atoms with Gasteiger partial charge in [-0.05, 0) is 43.5 Å². The fourth-order valence-electron chi connectivity index (χ4n) is 4.16. The monoisotopic (exact) mass is 353 g/mol. The summed E-state index contributed by atoms with van der Waals surface area (Å²) in [6.07, 6.45) is 5.55. The molecular weight excluding hydrogens is 330 g/mol. The molecule has 0 aliphatic carbocycles. The third kappa shape index (κ3) is 2.89. The number of hydrogen-bond donors (Lipinski definition) is 0. The van der Waals surface area contributed by atoms with Crippen molar-refractivity contribution in [2.24, 2.45) is 0 Å². The highest BCUT2D eigenvalue weighted by atomic mass is 15.0. The van der Waals surface area contributed by atoms with Crippen molar-refractivity contribution < 1.29 is 0 Å². The molecular formula is C24H23N3. The van der Waals surface area contributed by atoms with Gasteiger partial charge in [0.05, 0.1) is 17.4 Å². The van der Waals surface area contributed by atoms with Gasteiger partial charge in [0, 0.05) is 34.9 Å². The van der Waals surface area contributed by atoms with Crippen LogP contribution in [-0.2, 0) is 13.1 Å². The Hall–Kier alpha value is -3.07. The summed E-state index contributed by atoms with van der Waals surface area (Å²) >= 11 is 0. The number of aryl methyl sites for hydroxylation is 2. The smallest absolute Gasteiger partial charge is 0.0958 e. The van der Waals surface area contributed by atoms with Gasteiger partial charge in [0.1, 0.15) is 0 Å². The third-order valence-corrected chi connectivity index (χ3v) is 5.49. The van der Waals surface area contributed by atoms with Crippen LogP contribution in [0.2, 0.25) is 0 Å². The van der Waals surface area contributed by atoms with Crippen molar-refractivity contribution in [1.82, 2.24) is 14.1 Å². The van der Waals surface area contributed by atoms with Gasteiger partial charge in [-0.3, -0.25) is 0 Å². The zero-order chi connectivity index (χ0) is 18.1. The quantitative estimate of drug-likeness (QED) is 0.343. The molecule has 3 nitrogen and oxygen atoms in total. The molecule has 0 aliphatic heterocycles. The van der Waals surface area contributed by atoms with E-state index in [1.807, 2.05) is 12.4 Å². The van der Waals surface area contributed by atoms with E-state index in [2.05, 4.69) is 80.8 Å². The van der Waals surface area contributed by atoms with Gasteiger partial charge in [0.15, 0.2) is 0 Å². The maximum absolute atomic E-state index is 4.49. The van der Waals surface area contributed by atoms with Gasteiger partial charge >= 0.3 is 0 Å². The number of para-hydroxylation sites is 4. The lowest BCUT2D eigenvalue weighted by atomic mass is 10.2. The van der Waals surface area contributed by atoms with Crippen LogP contribution in [0.4, 0.5) is 0 Å². The topological polar surface area (TPSA) is 22.8 Å². The second-order valence-electron chi connectivity index (χ2n) is 7.17. The fraction of sp³-hybridized carbons (Fsp3) is 0.208. The van der Waals surface area contributed by atoms with E-state index in [4.69, 9.17) is 0 Å². The first-order chi connectivity index (χ1) is 13.4. The lowest BCUT2D eigenvalue weighted by Crippen LogP contribution is -2.00. The number of imidazole rings is 1. The minimum absolute atomic E-state index is 1.04. The molecule has 2 aromatic heterocycles. The van der Waals surface area contributed by atoms with E-state index in [0.717, 1.165) is 18.6 Å². The minimum atomic E-state index is 1.04. The van der Waals surface area contributed by atoms with Gasteiger partial charge in [-0.2, -0.15) is 0 Å². The predicted molar refractivity (Wildman–Crippen MR) is 113 cm³/mol. The van der Waals surface area contributed by atoms with Gasteiger partial charge in [0.25, 0.3) is 0 Å². The lowest BCUT2D eigenvalue weighted by Gasteiger charge is -2.08. The van der Waals surface area contributed by atoms with E-state index in [9.17, 15) is 0 Å². The van der Waals surface area contributed by atoms with Crippen molar-refractivity contribution in [3.63, 3.8) is 0 Å². The molecule has 0 radical (unpaired) electrons. The molecule has 0 saturated carbocycles. The van der Waals surface area contributed by atoms with Crippen molar-refractivity contribution in [3.8, 4) is 0 Å². The number of benzene rings is 3. The van der Waals surface area contributed by atoms with Crippen LogP contribution in [0.25, 0.3) is 32.8 Å². The average molecular weight is 353 g/mol. The van der Waals surface area contributed by atoms with Crippen LogP contribution in [-0.4, -0.2) is 14.1 Å². The van der Waals surface area contributed by atoms with Crippen LogP contribution in [0.1, 0.15) is 19.3 Å². The van der Waals surface area contributed by atoms with Crippen molar-refractivity contribution in [2.45, 2.75) is 32.4 Å². The van der Waals surface area contributed by atoms with Gasteiger partial charge in [-0.1, -0.05) is 48.5 Å². The molecule has 0 spiro atoms. The summed E-state index contributed by atoms with van der Waals surface area (Å²) in [5.41, 5.74) is 5.02. The highest BCUT2D eigenvalue weighted by molar-refractivity contribution is 6.07. The van der Waals surface area contributed by atoms with E-state index in [-0.39, 0.29) is 0 Å². The minimum Gasteiger partial charge on any atom is -0.340 e. The molecule has 0 N–H and O–H groups in total. The summed E-state index contributed by atoms with van der Waals surface area (Å²) in [5, 5.41) is 2.72. The molecule has 134 valence electrons. The third-order valence-electron chi connectivity index (χ3n) is 5.49. The Morgan fingerprint density at radius 1 is 0.593 bits per heavy atom. The maximum Gasteiger partial charge on any atom is 0.0958 e. The zero-order valence-electron chi connectivity index (χ0n) is 15.4. The van der Waals surface area contributed by atoms with Crippen molar-refractivity contribution in [1.29, 1.82) is 0 Å². The zero-order valence-corrected chi connectivity index (χ0v) is 15.4. The number of aromatic nitrogens is 3. The van der Waals surface area contributed by atoms with Crippen LogP contribution < -0.4 is 0 Å². The predicted octanol–water partition coefficient (Wildman–Crippen LogP) is 6.01. The van der Waals surface area contributed by atoms with Crippen LogP contribution in [0.5, 0.6) is 0 Å². The highest BCUT2D eigenvalue weighted by Crippen LogP contribution is 2.29. The molecule has 0 unspecified atom stereocenters. The molecule has 5 rings (SSSR count). The number of rotatable bonds is 6. The molecule has 0 fully saturated rings. The molecule has 2 heterocycles. The Kier molecular flexibility index (Phi) is 4.13. The van der Waals surface area contributed by atoms with Crippen molar-refractivity contribution >= 4 is 32.8 Å². The van der Waals surface area contributed by atoms with Crippen molar-refractivity contribution in [2.75, 3.05) is 0 Å². The van der Waals surface area contributed by atoms with E-state index in [1.165, 1.54) is 46.6 Å². The molecule has 0 aliphatic rings. The summed E-state index contributed by atoms with van der Waals surface area (Å²) in [7, 11) is 0. The lowest BCUT2D eigenvalue weighted by molar-refractivity contribution is 0.562. The first kappa shape index (κ1) is 16.1. The average Bonchev–Trinajstić information content (AvgIpc) is 3.28. The van der Waals surface area contributed by atoms with Crippen LogP contribution in [0, 0.1) is 0 Å². The van der Waals surface area contributed by atoms with E-state index in [1.54, 1.807) is 0 Å². The van der Waals surface area contributed by atoms with Crippen LogP contribution >= 0.6 is 0 Å². The number of fused-ring (bicyclic) bond motifs is 4. The molecule has 0 saturated heterocycles. The maximum atomic E-state index is 4.49. The number of unbranched alkanes of at least 4 members (excludes halogenated alkanes) is 2. The first-order valence-electron chi connectivity index (χ1n) is 9.78. The van der Waals surface area contributed by atoms with Gasteiger partial charge < -0.3 is 9.13 Å². The summed E-state index contributed by atoms with van der Waals surface area (Å²) in [6.45, 7) is 2.10. The first-order valence-corrected chi connectivity index (χ1v) is 9.78. The molecule has 3 heteroatoms. The normalized spacial score (nSPS) is 11.7. The van der Waals surface area contributed by atoms with E-state index < -0.39 is 0 Å². The Morgan fingerprint density at radius 2 is 1.19 bits per heavy atom. The molecule has 0 amide bonds. The summed E-state index contributed by atoms with van der Waals surface area (Å²) in [5.74, 6) is 0. The summed E-state index contributed by atoms with van der Waals surface area (Å²) in [4.78, 5) is 4.49. The molecule has 0 atom stereocenters. The summed E-state index contributed by atoms with van der Waals surface area (Å²) < 4.78 is 4.76. The largest absolute Gasteiger partial charge is 0.340 e. The Bertz CT molecular complexity index is 1160. The van der Waals surface area contributed by atoms with Gasteiger partial charge in [0.2, 0.25) is 0 Å². The number of hydrogen-bond acceptors (Lipinski definition) is 1.